The number of carbonyl (C=O) groups excluding carboxylic acids is 4. The molecule has 0 spiro atoms. The molecule has 2 aliphatic heterocycles. The molecule has 13 nitrogen and oxygen atoms in total. The number of ether oxygens (including phenoxy) is 2. The summed E-state index contributed by atoms with van der Waals surface area (Å²) < 4.78 is 40.2. The van der Waals surface area contributed by atoms with Gasteiger partial charge in [-0.15, -0.1) is 0 Å². The van der Waals surface area contributed by atoms with E-state index in [9.17, 15) is 27.6 Å². The zero-order chi connectivity index (χ0) is 39.3. The zero-order valence-electron chi connectivity index (χ0n) is 32.0. The van der Waals surface area contributed by atoms with E-state index in [0.717, 1.165) is 28.1 Å². The minimum atomic E-state index is -3.90. The number of benzene rings is 2. The zero-order valence-corrected chi connectivity index (χ0v) is 32.9. The number of hydrogen-bond acceptors (Lipinski definition) is 9. The van der Waals surface area contributed by atoms with Gasteiger partial charge in [0.15, 0.2) is 0 Å². The molecule has 3 fully saturated rings. The van der Waals surface area contributed by atoms with Crippen molar-refractivity contribution >= 4 is 55.5 Å². The summed E-state index contributed by atoms with van der Waals surface area (Å²) in [6, 6.07) is 13.3. The lowest BCUT2D eigenvalue weighted by Gasteiger charge is -2.33. The molecule has 1 unspecified atom stereocenters. The van der Waals surface area contributed by atoms with E-state index in [1.54, 1.807) is 20.8 Å². The number of carbonyl (C=O) groups is 4. The second kappa shape index (κ2) is 14.7. The summed E-state index contributed by atoms with van der Waals surface area (Å²) in [5.74, 6) is -2.13. The Morgan fingerprint density at radius 3 is 2.36 bits per heavy atom. The molecule has 2 aliphatic carbocycles. The van der Waals surface area contributed by atoms with Gasteiger partial charge in [-0.05, 0) is 88.7 Å². The summed E-state index contributed by atoms with van der Waals surface area (Å²) in [5, 5.41) is 7.78. The highest BCUT2D eigenvalue weighted by molar-refractivity contribution is 7.91. The average Bonchev–Trinajstić information content (AvgIpc) is 4.05. The van der Waals surface area contributed by atoms with Crippen LogP contribution in [0.15, 0.2) is 60.7 Å². The molecular weight excluding hydrogens is 723 g/mol. The summed E-state index contributed by atoms with van der Waals surface area (Å²) in [6.45, 7) is 9.21. The standard InChI is InChI=1S/C41H51N5O8S/c1-24-12-6-7-13-26-22-41(26,38(49)45-55(51,52)28-18-19-28)44-35(47)33-21-27(23-46(33)37(48)34(25(2)20-24)43-39(50)54-40(3,4)5)53-36-31-16-9-8-14-29(31)30-15-10-11-17-32(30)42-36/h7-11,13-17,24-28,33-34H,6,12,18-23H2,1-5H3,(H,43,50)(H,44,47)(H,45,49)/b13-7-/t24-,25+,26+,27+,33?,34-,41+/m0/s1. The Hall–Kier alpha value is -4.72. The first kappa shape index (κ1) is 38.6. The lowest BCUT2D eigenvalue weighted by Crippen LogP contribution is -2.59. The van der Waals surface area contributed by atoms with Crippen molar-refractivity contribution in [2.45, 2.75) is 114 Å². The summed E-state index contributed by atoms with van der Waals surface area (Å²) in [5.41, 5.74) is -1.60. The second-order valence-electron chi connectivity index (χ2n) is 16.9. The van der Waals surface area contributed by atoms with Crippen molar-refractivity contribution < 1.29 is 37.1 Å². The Kier molecular flexibility index (Phi) is 10.3. The number of nitrogens with one attached hydrogen (secondary N) is 3. The smallest absolute Gasteiger partial charge is 0.408 e. The molecule has 4 amide bonds. The summed E-state index contributed by atoms with van der Waals surface area (Å²) in [7, 11) is -3.90. The molecule has 2 aromatic carbocycles. The molecule has 1 saturated heterocycles. The minimum absolute atomic E-state index is 0.00683. The molecule has 7 rings (SSSR count). The molecular formula is C41H51N5O8S. The third kappa shape index (κ3) is 8.29. The summed E-state index contributed by atoms with van der Waals surface area (Å²) in [4.78, 5) is 62.7. The Labute approximate surface area is 322 Å². The van der Waals surface area contributed by atoms with Crippen LogP contribution in [0.25, 0.3) is 21.7 Å². The van der Waals surface area contributed by atoms with Crippen molar-refractivity contribution in [3.05, 3.63) is 60.7 Å². The molecule has 3 heterocycles. The fraction of sp³-hybridized carbons (Fsp3) is 0.537. The SMILES string of the molecule is C[C@H]1CC/C=C\[C@@H]2C[C@@]2(C(=O)NS(=O)(=O)C2CC2)NC(=O)C2C[C@@H](Oc3nc4ccccc4c4ccccc34)CN2C(=O)[C@@H](NC(=O)OC(C)(C)C)[C@H](C)C1. The first-order valence-corrected chi connectivity index (χ1v) is 20.9. The lowest BCUT2D eigenvalue weighted by molar-refractivity contribution is -0.142. The molecule has 3 aromatic rings. The maximum Gasteiger partial charge on any atom is 0.408 e. The quantitative estimate of drug-likeness (QED) is 0.227. The number of sulfonamides is 1. The van der Waals surface area contributed by atoms with Gasteiger partial charge in [0, 0.05) is 23.1 Å². The van der Waals surface area contributed by atoms with Gasteiger partial charge in [0.25, 0.3) is 5.91 Å². The van der Waals surface area contributed by atoms with Crippen molar-refractivity contribution in [1.82, 2.24) is 25.2 Å². The Morgan fingerprint density at radius 2 is 1.65 bits per heavy atom. The highest BCUT2D eigenvalue weighted by Crippen LogP contribution is 2.46. The molecule has 55 heavy (non-hydrogen) atoms. The fourth-order valence-electron chi connectivity index (χ4n) is 8.05. The van der Waals surface area contributed by atoms with Crippen molar-refractivity contribution in [3.8, 4) is 5.88 Å². The Morgan fingerprint density at radius 1 is 0.964 bits per heavy atom. The molecule has 1 aromatic heterocycles. The van der Waals surface area contributed by atoms with E-state index in [1.807, 2.05) is 67.6 Å². The van der Waals surface area contributed by atoms with Crippen molar-refractivity contribution in [2.24, 2.45) is 17.8 Å². The number of nitrogens with zero attached hydrogens (tertiary/aromatic N) is 2. The van der Waals surface area contributed by atoms with Crippen LogP contribution >= 0.6 is 0 Å². The average molecular weight is 774 g/mol. The third-order valence-corrected chi connectivity index (χ3v) is 13.0. The highest BCUT2D eigenvalue weighted by Gasteiger charge is 2.62. The van der Waals surface area contributed by atoms with Gasteiger partial charge in [0.05, 0.1) is 17.3 Å². The van der Waals surface area contributed by atoms with Crippen LogP contribution in [0.5, 0.6) is 5.88 Å². The van der Waals surface area contributed by atoms with E-state index < -0.39 is 74.3 Å². The number of rotatable bonds is 6. The number of fused-ring (bicyclic) bond motifs is 5. The third-order valence-electron chi connectivity index (χ3n) is 11.1. The Bertz CT molecular complexity index is 2150. The maximum atomic E-state index is 14.8. The van der Waals surface area contributed by atoms with Gasteiger partial charge < -0.3 is 25.0 Å². The predicted octanol–water partition coefficient (Wildman–Crippen LogP) is 5.13. The topological polar surface area (TPSA) is 173 Å². The van der Waals surface area contributed by atoms with E-state index in [4.69, 9.17) is 14.5 Å². The van der Waals surface area contributed by atoms with Crippen LogP contribution in [0.3, 0.4) is 0 Å². The predicted molar refractivity (Wildman–Crippen MR) is 207 cm³/mol. The lowest BCUT2D eigenvalue weighted by atomic mass is 9.88. The highest BCUT2D eigenvalue weighted by atomic mass is 32.2. The second-order valence-corrected chi connectivity index (χ2v) is 18.8. The normalized spacial score (nSPS) is 29.6. The summed E-state index contributed by atoms with van der Waals surface area (Å²) >= 11 is 0. The van der Waals surface area contributed by atoms with Crippen LogP contribution in [0.4, 0.5) is 4.79 Å². The first-order valence-electron chi connectivity index (χ1n) is 19.3. The van der Waals surface area contributed by atoms with E-state index in [2.05, 4.69) is 22.3 Å². The van der Waals surface area contributed by atoms with Crippen LogP contribution < -0.4 is 20.1 Å². The van der Waals surface area contributed by atoms with Gasteiger partial charge in [-0.25, -0.2) is 18.2 Å². The summed E-state index contributed by atoms with van der Waals surface area (Å²) in [6.07, 6.45) is 5.69. The van der Waals surface area contributed by atoms with E-state index in [0.29, 0.717) is 31.6 Å². The van der Waals surface area contributed by atoms with Crippen LogP contribution in [-0.2, 0) is 29.1 Å². The number of hydrogen-bond donors (Lipinski definition) is 3. The minimum Gasteiger partial charge on any atom is -0.472 e. The molecule has 7 atom stereocenters. The van der Waals surface area contributed by atoms with Crippen molar-refractivity contribution in [1.29, 1.82) is 0 Å². The van der Waals surface area contributed by atoms with E-state index >= 15 is 0 Å². The maximum absolute atomic E-state index is 14.8. The van der Waals surface area contributed by atoms with Crippen molar-refractivity contribution in [3.63, 3.8) is 0 Å². The monoisotopic (exact) mass is 773 g/mol. The van der Waals surface area contributed by atoms with Gasteiger partial charge in [-0.3, -0.25) is 19.1 Å². The molecule has 0 bridgehead atoms. The first-order chi connectivity index (χ1) is 26.0. The van der Waals surface area contributed by atoms with Gasteiger partial charge in [0.1, 0.15) is 29.3 Å². The number of aromatic nitrogens is 1. The van der Waals surface area contributed by atoms with E-state index in [1.165, 1.54) is 4.90 Å². The largest absolute Gasteiger partial charge is 0.472 e. The Balaban J connectivity index is 1.24. The van der Waals surface area contributed by atoms with Crippen molar-refractivity contribution in [2.75, 3.05) is 6.54 Å². The number of alkyl carbamates (subject to hydrolysis) is 1. The van der Waals surface area contributed by atoms with Crippen LogP contribution in [0.1, 0.15) is 79.6 Å². The van der Waals surface area contributed by atoms with Crippen LogP contribution in [0.2, 0.25) is 0 Å². The van der Waals surface area contributed by atoms with Crippen LogP contribution in [0, 0.1) is 17.8 Å². The van der Waals surface area contributed by atoms with Gasteiger partial charge in [-0.1, -0.05) is 62.4 Å². The van der Waals surface area contributed by atoms with Gasteiger partial charge in [-0.2, -0.15) is 0 Å². The van der Waals surface area contributed by atoms with E-state index in [-0.39, 0.29) is 31.2 Å². The fourth-order valence-corrected chi connectivity index (χ4v) is 9.42. The number of amides is 4. The molecule has 294 valence electrons. The number of pyridine rings is 1. The molecule has 2 saturated carbocycles. The van der Waals surface area contributed by atoms with Gasteiger partial charge >= 0.3 is 6.09 Å². The number of para-hydroxylation sites is 1. The molecule has 14 heteroatoms. The number of allylic oxidation sites excluding steroid dienone is 1. The molecule has 3 N–H and O–H groups in total. The van der Waals surface area contributed by atoms with Gasteiger partial charge in [0.2, 0.25) is 27.7 Å². The molecule has 4 aliphatic rings. The molecule has 0 radical (unpaired) electrons. The van der Waals surface area contributed by atoms with Crippen LogP contribution in [-0.4, -0.2) is 83.2 Å².